The van der Waals surface area contributed by atoms with Crippen LogP contribution < -0.4 is 5.73 Å². The molecule has 0 spiro atoms. The molecule has 0 aliphatic heterocycles. The van der Waals surface area contributed by atoms with Crippen molar-refractivity contribution in [2.75, 3.05) is 0 Å². The molecule has 1 heterocycles. The van der Waals surface area contributed by atoms with E-state index in [0.717, 1.165) is 18.7 Å². The third kappa shape index (κ3) is 3.14. The van der Waals surface area contributed by atoms with Gasteiger partial charge in [0.05, 0.1) is 6.04 Å². The van der Waals surface area contributed by atoms with Crippen LogP contribution in [-0.2, 0) is 6.42 Å². The highest BCUT2D eigenvalue weighted by atomic mass is 16.5. The van der Waals surface area contributed by atoms with Gasteiger partial charge in [-0.05, 0) is 19.3 Å². The zero-order valence-electron chi connectivity index (χ0n) is 8.45. The SMILES string of the molecule is CC(C)CCc1noc([C@@H](C)N)n1. The van der Waals surface area contributed by atoms with Crippen LogP contribution in [0.3, 0.4) is 0 Å². The summed E-state index contributed by atoms with van der Waals surface area (Å²) < 4.78 is 4.97. The molecule has 0 bridgehead atoms. The maximum absolute atomic E-state index is 5.59. The van der Waals surface area contributed by atoms with E-state index in [1.807, 2.05) is 6.92 Å². The van der Waals surface area contributed by atoms with E-state index in [4.69, 9.17) is 10.3 Å². The van der Waals surface area contributed by atoms with Crippen LogP contribution in [0.15, 0.2) is 4.52 Å². The Morgan fingerprint density at radius 1 is 1.38 bits per heavy atom. The lowest BCUT2D eigenvalue weighted by Crippen LogP contribution is -2.05. The molecule has 1 aromatic heterocycles. The van der Waals surface area contributed by atoms with E-state index in [1.54, 1.807) is 0 Å². The second-order valence-electron chi connectivity index (χ2n) is 3.77. The van der Waals surface area contributed by atoms with Gasteiger partial charge in [-0.1, -0.05) is 19.0 Å². The van der Waals surface area contributed by atoms with Crippen LogP contribution >= 0.6 is 0 Å². The van der Waals surface area contributed by atoms with E-state index < -0.39 is 0 Å². The number of aromatic nitrogens is 2. The molecule has 4 heteroatoms. The van der Waals surface area contributed by atoms with E-state index >= 15 is 0 Å². The summed E-state index contributed by atoms with van der Waals surface area (Å²) in [6, 6.07) is -0.166. The van der Waals surface area contributed by atoms with E-state index in [2.05, 4.69) is 24.0 Å². The number of rotatable bonds is 4. The summed E-state index contributed by atoms with van der Waals surface area (Å²) in [7, 11) is 0. The minimum atomic E-state index is -0.166. The maximum Gasteiger partial charge on any atom is 0.243 e. The van der Waals surface area contributed by atoms with Gasteiger partial charge in [0.2, 0.25) is 5.89 Å². The molecular weight excluding hydrogens is 166 g/mol. The summed E-state index contributed by atoms with van der Waals surface area (Å²) in [6.07, 6.45) is 1.95. The molecule has 0 fully saturated rings. The van der Waals surface area contributed by atoms with Gasteiger partial charge in [-0.2, -0.15) is 4.98 Å². The molecule has 0 amide bonds. The van der Waals surface area contributed by atoms with E-state index in [-0.39, 0.29) is 6.04 Å². The van der Waals surface area contributed by atoms with E-state index in [9.17, 15) is 0 Å². The van der Waals surface area contributed by atoms with Crippen molar-refractivity contribution in [1.82, 2.24) is 10.1 Å². The van der Waals surface area contributed by atoms with Crippen LogP contribution in [0.1, 0.15) is 44.9 Å². The highest BCUT2D eigenvalue weighted by Crippen LogP contribution is 2.09. The molecule has 1 aromatic rings. The summed E-state index contributed by atoms with van der Waals surface area (Å²) in [6.45, 7) is 6.18. The Morgan fingerprint density at radius 3 is 2.54 bits per heavy atom. The van der Waals surface area contributed by atoms with Gasteiger partial charge >= 0.3 is 0 Å². The molecule has 4 nitrogen and oxygen atoms in total. The van der Waals surface area contributed by atoms with Crippen molar-refractivity contribution in [2.45, 2.75) is 39.7 Å². The lowest BCUT2D eigenvalue weighted by atomic mass is 10.1. The Balaban J connectivity index is 2.49. The Hall–Kier alpha value is -0.900. The standard InChI is InChI=1S/C9H17N3O/c1-6(2)4-5-8-11-9(7(3)10)13-12-8/h6-7H,4-5,10H2,1-3H3/t7-/m1/s1. The highest BCUT2D eigenvalue weighted by Gasteiger charge is 2.09. The number of aryl methyl sites for hydroxylation is 1. The molecule has 2 N–H and O–H groups in total. The molecule has 0 saturated carbocycles. The second kappa shape index (κ2) is 4.37. The molecule has 0 saturated heterocycles. The van der Waals surface area contributed by atoms with E-state index in [1.165, 1.54) is 0 Å². The number of hydrogen-bond acceptors (Lipinski definition) is 4. The molecule has 13 heavy (non-hydrogen) atoms. The van der Waals surface area contributed by atoms with Gasteiger partial charge in [0.15, 0.2) is 5.82 Å². The van der Waals surface area contributed by atoms with Gasteiger partial charge in [0.25, 0.3) is 0 Å². The lowest BCUT2D eigenvalue weighted by molar-refractivity contribution is 0.356. The molecule has 0 aliphatic carbocycles. The Morgan fingerprint density at radius 2 is 2.08 bits per heavy atom. The summed E-state index contributed by atoms with van der Waals surface area (Å²) in [4.78, 5) is 4.18. The first-order valence-corrected chi connectivity index (χ1v) is 4.67. The highest BCUT2D eigenvalue weighted by molar-refractivity contribution is 4.90. The first kappa shape index (κ1) is 10.2. The van der Waals surface area contributed by atoms with Crippen LogP contribution in [-0.4, -0.2) is 10.1 Å². The van der Waals surface area contributed by atoms with Crippen LogP contribution in [0.5, 0.6) is 0 Å². The van der Waals surface area contributed by atoms with Gasteiger partial charge < -0.3 is 10.3 Å². The van der Waals surface area contributed by atoms with Gasteiger partial charge in [0.1, 0.15) is 0 Å². The first-order valence-electron chi connectivity index (χ1n) is 4.67. The topological polar surface area (TPSA) is 64.9 Å². The number of hydrogen-bond donors (Lipinski definition) is 1. The fourth-order valence-electron chi connectivity index (χ4n) is 0.972. The van der Waals surface area contributed by atoms with Crippen molar-refractivity contribution in [3.8, 4) is 0 Å². The van der Waals surface area contributed by atoms with Crippen molar-refractivity contribution in [3.05, 3.63) is 11.7 Å². The predicted molar refractivity (Wildman–Crippen MR) is 50.1 cm³/mol. The maximum atomic E-state index is 5.59. The fraction of sp³-hybridized carbons (Fsp3) is 0.778. The Kier molecular flexibility index (Phi) is 3.42. The Bertz CT molecular complexity index is 255. The summed E-state index contributed by atoms with van der Waals surface area (Å²) >= 11 is 0. The van der Waals surface area contributed by atoms with Crippen molar-refractivity contribution in [2.24, 2.45) is 11.7 Å². The molecule has 1 atom stereocenters. The third-order valence-corrected chi connectivity index (χ3v) is 1.82. The molecule has 0 aliphatic rings. The minimum absolute atomic E-state index is 0.166. The largest absolute Gasteiger partial charge is 0.338 e. The molecule has 1 rings (SSSR count). The fourth-order valence-corrected chi connectivity index (χ4v) is 0.972. The molecule has 0 radical (unpaired) electrons. The quantitative estimate of drug-likeness (QED) is 0.771. The normalized spacial score (nSPS) is 13.6. The summed E-state index contributed by atoms with van der Waals surface area (Å²) in [5, 5.41) is 3.84. The van der Waals surface area contributed by atoms with Crippen LogP contribution in [0.25, 0.3) is 0 Å². The predicted octanol–water partition coefficient (Wildman–Crippen LogP) is 1.68. The number of nitrogens with zero attached hydrogens (tertiary/aromatic N) is 2. The van der Waals surface area contributed by atoms with Crippen LogP contribution in [0, 0.1) is 5.92 Å². The smallest absolute Gasteiger partial charge is 0.243 e. The molecular formula is C9H17N3O. The minimum Gasteiger partial charge on any atom is -0.338 e. The average Bonchev–Trinajstić information content (AvgIpc) is 2.48. The van der Waals surface area contributed by atoms with Gasteiger partial charge in [-0.25, -0.2) is 0 Å². The van der Waals surface area contributed by atoms with Crippen LogP contribution in [0.2, 0.25) is 0 Å². The molecule has 74 valence electrons. The first-order chi connectivity index (χ1) is 6.09. The zero-order valence-corrected chi connectivity index (χ0v) is 8.45. The summed E-state index contributed by atoms with van der Waals surface area (Å²) in [5.41, 5.74) is 5.59. The van der Waals surface area contributed by atoms with Crippen molar-refractivity contribution in [1.29, 1.82) is 0 Å². The van der Waals surface area contributed by atoms with Gasteiger partial charge in [-0.15, -0.1) is 0 Å². The molecule has 0 aromatic carbocycles. The second-order valence-corrected chi connectivity index (χ2v) is 3.77. The van der Waals surface area contributed by atoms with Crippen molar-refractivity contribution in [3.63, 3.8) is 0 Å². The van der Waals surface area contributed by atoms with Gasteiger partial charge in [0, 0.05) is 6.42 Å². The van der Waals surface area contributed by atoms with E-state index in [0.29, 0.717) is 11.8 Å². The lowest BCUT2D eigenvalue weighted by Gasteiger charge is -1.98. The van der Waals surface area contributed by atoms with Gasteiger partial charge in [-0.3, -0.25) is 0 Å². The third-order valence-electron chi connectivity index (χ3n) is 1.82. The monoisotopic (exact) mass is 183 g/mol. The Labute approximate surface area is 78.5 Å². The summed E-state index contributed by atoms with van der Waals surface area (Å²) in [5.74, 6) is 1.96. The van der Waals surface area contributed by atoms with Crippen LogP contribution in [0.4, 0.5) is 0 Å². The molecule has 0 unspecified atom stereocenters. The average molecular weight is 183 g/mol. The zero-order chi connectivity index (χ0) is 9.84. The van der Waals surface area contributed by atoms with Crippen molar-refractivity contribution >= 4 is 0 Å². The van der Waals surface area contributed by atoms with Crippen molar-refractivity contribution < 1.29 is 4.52 Å². The number of nitrogens with two attached hydrogens (primary N) is 1.